The van der Waals surface area contributed by atoms with Crippen LogP contribution in [0.25, 0.3) is 22.3 Å². The molecule has 0 aliphatic carbocycles. The Kier molecular flexibility index (Phi) is 7.97. The SMILES string of the molecule is CC[C@@]1(O)C(=O)OCc2c1cc1n(c2=O)Cc2c-1nc1ccccc1c2CN1CCN(C(Cc2ccccc2)=NS(=O)(=O)CC)CC1. The fraction of sp³-hybridized carbons (Fsp3) is 0.371. The van der Waals surface area contributed by atoms with Crippen LogP contribution in [-0.4, -0.2) is 76.6 Å². The molecule has 0 unspecified atom stereocenters. The number of aromatic nitrogens is 2. The van der Waals surface area contributed by atoms with E-state index >= 15 is 0 Å². The van der Waals surface area contributed by atoms with Crippen molar-refractivity contribution in [1.82, 2.24) is 19.4 Å². The van der Waals surface area contributed by atoms with Gasteiger partial charge in [-0.25, -0.2) is 18.2 Å². The molecule has 0 amide bonds. The number of ether oxygens (including phenoxy) is 1. The monoisotopic (exact) mass is 655 g/mol. The zero-order chi connectivity index (χ0) is 32.9. The van der Waals surface area contributed by atoms with Crippen molar-refractivity contribution >= 4 is 32.7 Å². The average molecular weight is 656 g/mol. The topological polar surface area (TPSA) is 134 Å². The molecule has 3 aliphatic heterocycles. The molecule has 1 saturated heterocycles. The van der Waals surface area contributed by atoms with E-state index in [4.69, 9.17) is 9.72 Å². The molecule has 0 radical (unpaired) electrons. The third kappa shape index (κ3) is 5.53. The van der Waals surface area contributed by atoms with Gasteiger partial charge >= 0.3 is 5.97 Å². The van der Waals surface area contributed by atoms with Crippen LogP contribution in [0.3, 0.4) is 0 Å². The number of hydrogen-bond acceptors (Lipinski definition) is 8. The van der Waals surface area contributed by atoms with Crippen LogP contribution < -0.4 is 5.56 Å². The lowest BCUT2D eigenvalue weighted by Gasteiger charge is -2.37. The number of cyclic esters (lactones) is 1. The van der Waals surface area contributed by atoms with Crippen molar-refractivity contribution < 1.29 is 23.1 Å². The van der Waals surface area contributed by atoms with E-state index in [9.17, 15) is 23.1 Å². The Hall–Kier alpha value is -4.39. The quantitative estimate of drug-likeness (QED) is 0.159. The van der Waals surface area contributed by atoms with Crippen molar-refractivity contribution in [3.8, 4) is 11.4 Å². The van der Waals surface area contributed by atoms with E-state index in [0.29, 0.717) is 74.0 Å². The first kappa shape index (κ1) is 31.2. The van der Waals surface area contributed by atoms with Crippen LogP contribution in [0.4, 0.5) is 0 Å². The minimum Gasteiger partial charge on any atom is -0.458 e. The summed E-state index contributed by atoms with van der Waals surface area (Å²) in [4.78, 5) is 35.8. The second kappa shape index (κ2) is 12.0. The lowest BCUT2D eigenvalue weighted by atomic mass is 9.86. The van der Waals surface area contributed by atoms with Crippen LogP contribution in [0.5, 0.6) is 0 Å². The number of carbonyl (C=O) groups is 1. The summed E-state index contributed by atoms with van der Waals surface area (Å²) >= 11 is 0. The van der Waals surface area contributed by atoms with Gasteiger partial charge in [0.1, 0.15) is 12.4 Å². The van der Waals surface area contributed by atoms with Gasteiger partial charge in [-0.1, -0.05) is 55.5 Å². The number of fused-ring (bicyclic) bond motifs is 5. The number of aliphatic hydroxyl groups is 1. The molecule has 12 heteroatoms. The first-order valence-corrected chi connectivity index (χ1v) is 17.6. The number of nitrogens with zero attached hydrogens (tertiary/aromatic N) is 5. The van der Waals surface area contributed by atoms with E-state index in [2.05, 4.69) is 14.2 Å². The first-order valence-electron chi connectivity index (χ1n) is 16.0. The number of carbonyl (C=O) groups excluding carboxylic acids is 1. The molecule has 47 heavy (non-hydrogen) atoms. The smallest absolute Gasteiger partial charge is 0.343 e. The second-order valence-electron chi connectivity index (χ2n) is 12.3. The third-order valence-corrected chi connectivity index (χ3v) is 10.9. The summed E-state index contributed by atoms with van der Waals surface area (Å²) in [5, 5.41) is 12.3. The second-order valence-corrected chi connectivity index (χ2v) is 14.3. The standard InChI is InChI=1S/C35H37N5O6S/c1-3-35(43)28-19-30-32-26(21-40(30)33(41)27(28)22-46-34(35)42)25(24-12-8-9-13-29(24)36-32)20-38-14-16-39(17-15-38)31(37-47(44,45)4-2)18-23-10-6-5-7-11-23/h5-13,19,43H,3-4,14-18,20-22H2,1-2H3/t35-/m0/s1. The third-order valence-electron chi connectivity index (χ3n) is 9.65. The van der Waals surface area contributed by atoms with E-state index in [1.807, 2.05) is 54.6 Å². The number of benzene rings is 2. The molecule has 1 N–H and O–H groups in total. The van der Waals surface area contributed by atoms with Crippen LogP contribution in [0.2, 0.25) is 0 Å². The Labute approximate surface area is 273 Å². The zero-order valence-corrected chi connectivity index (χ0v) is 27.3. The lowest BCUT2D eigenvalue weighted by molar-refractivity contribution is -0.172. The minimum atomic E-state index is -3.57. The molecular weight excluding hydrogens is 618 g/mol. The molecule has 1 fully saturated rings. The normalized spacial score (nSPS) is 19.8. The van der Waals surface area contributed by atoms with E-state index in [0.717, 1.165) is 27.6 Å². The summed E-state index contributed by atoms with van der Waals surface area (Å²) in [5.74, 6) is -0.243. The van der Waals surface area contributed by atoms with E-state index in [-0.39, 0.29) is 24.3 Å². The minimum absolute atomic E-state index is 0.0546. The average Bonchev–Trinajstić information content (AvgIpc) is 3.46. The van der Waals surface area contributed by atoms with E-state index < -0.39 is 21.6 Å². The molecule has 0 bridgehead atoms. The summed E-state index contributed by atoms with van der Waals surface area (Å²) in [6.45, 7) is 6.67. The Morgan fingerprint density at radius 1 is 1.00 bits per heavy atom. The van der Waals surface area contributed by atoms with Crippen molar-refractivity contribution in [2.45, 2.75) is 52.0 Å². The largest absolute Gasteiger partial charge is 0.458 e. The molecule has 3 aliphatic rings. The van der Waals surface area contributed by atoms with Crippen LogP contribution in [0.15, 0.2) is 69.9 Å². The number of esters is 1. The van der Waals surface area contributed by atoms with E-state index in [1.54, 1.807) is 24.5 Å². The molecule has 1 atom stereocenters. The van der Waals surface area contributed by atoms with Gasteiger partial charge in [0.2, 0.25) is 0 Å². The molecule has 11 nitrogen and oxygen atoms in total. The molecule has 2 aromatic heterocycles. The lowest BCUT2D eigenvalue weighted by Crippen LogP contribution is -2.49. The molecular formula is C35H37N5O6S. The molecule has 4 aromatic rings. The van der Waals surface area contributed by atoms with Gasteiger partial charge in [0.15, 0.2) is 5.60 Å². The summed E-state index contributed by atoms with van der Waals surface area (Å²) in [6.07, 6.45) is 0.516. The van der Waals surface area contributed by atoms with Gasteiger partial charge in [-0.3, -0.25) is 9.69 Å². The number of para-hydroxylation sites is 1. The number of hydrogen-bond donors (Lipinski definition) is 1. The first-order chi connectivity index (χ1) is 22.6. The Morgan fingerprint density at radius 3 is 2.45 bits per heavy atom. The van der Waals surface area contributed by atoms with Gasteiger partial charge in [-0.15, -0.1) is 0 Å². The van der Waals surface area contributed by atoms with Crippen molar-refractivity contribution in [3.63, 3.8) is 0 Å². The number of rotatable bonds is 7. The summed E-state index contributed by atoms with van der Waals surface area (Å²) in [5.41, 5.74) is 3.50. The predicted octanol–water partition coefficient (Wildman–Crippen LogP) is 3.19. The van der Waals surface area contributed by atoms with Gasteiger partial charge < -0.3 is 19.3 Å². The molecule has 2 aromatic carbocycles. The van der Waals surface area contributed by atoms with Crippen molar-refractivity contribution in [3.05, 3.63) is 98.8 Å². The van der Waals surface area contributed by atoms with Crippen LogP contribution in [0.1, 0.15) is 48.1 Å². The Morgan fingerprint density at radius 2 is 1.72 bits per heavy atom. The predicted molar refractivity (Wildman–Crippen MR) is 178 cm³/mol. The van der Waals surface area contributed by atoms with Gasteiger partial charge in [-0.05, 0) is 36.6 Å². The number of sulfonamides is 1. The van der Waals surface area contributed by atoms with Crippen LogP contribution >= 0.6 is 0 Å². The molecule has 5 heterocycles. The van der Waals surface area contributed by atoms with Crippen molar-refractivity contribution in [2.75, 3.05) is 31.9 Å². The van der Waals surface area contributed by atoms with Crippen LogP contribution in [-0.2, 0) is 51.3 Å². The van der Waals surface area contributed by atoms with Crippen molar-refractivity contribution in [1.29, 1.82) is 0 Å². The zero-order valence-electron chi connectivity index (χ0n) is 26.5. The van der Waals surface area contributed by atoms with Crippen molar-refractivity contribution in [2.24, 2.45) is 4.40 Å². The fourth-order valence-corrected chi connectivity index (χ4v) is 7.52. The highest BCUT2D eigenvalue weighted by Crippen LogP contribution is 2.40. The summed E-state index contributed by atoms with van der Waals surface area (Å²) < 4.78 is 36.3. The maximum Gasteiger partial charge on any atom is 0.343 e. The molecule has 7 rings (SSSR count). The Balaban J connectivity index is 1.21. The van der Waals surface area contributed by atoms with Crippen LogP contribution in [0, 0.1) is 0 Å². The number of amidine groups is 1. The fourth-order valence-electron chi connectivity index (χ4n) is 6.89. The van der Waals surface area contributed by atoms with Gasteiger partial charge in [0.25, 0.3) is 15.6 Å². The highest BCUT2D eigenvalue weighted by molar-refractivity contribution is 7.90. The number of pyridine rings is 2. The molecule has 0 spiro atoms. The van der Waals surface area contributed by atoms with Gasteiger partial charge in [-0.2, -0.15) is 4.40 Å². The summed E-state index contributed by atoms with van der Waals surface area (Å²) in [7, 11) is -3.57. The summed E-state index contributed by atoms with van der Waals surface area (Å²) in [6, 6.07) is 19.4. The maximum absolute atomic E-state index is 13.8. The molecule has 244 valence electrons. The van der Waals surface area contributed by atoms with Gasteiger partial charge in [0, 0.05) is 55.7 Å². The van der Waals surface area contributed by atoms with Gasteiger partial charge in [0.05, 0.1) is 34.8 Å². The van der Waals surface area contributed by atoms with E-state index in [1.165, 1.54) is 0 Å². The highest BCUT2D eigenvalue weighted by atomic mass is 32.2. The highest BCUT2D eigenvalue weighted by Gasteiger charge is 2.45. The maximum atomic E-state index is 13.8. The number of piperazine rings is 1. The Bertz CT molecular complexity index is 2090. The molecule has 0 saturated carbocycles.